The Morgan fingerprint density at radius 1 is 1.59 bits per heavy atom. The summed E-state index contributed by atoms with van der Waals surface area (Å²) in [6.45, 7) is 2.11. The third-order valence-electron chi connectivity index (χ3n) is 3.42. The van der Waals surface area contributed by atoms with Crippen LogP contribution in [0.1, 0.15) is 36.2 Å². The average Bonchev–Trinajstić information content (AvgIpc) is 3.07. The first-order valence-electron chi connectivity index (χ1n) is 5.74. The highest BCUT2D eigenvalue weighted by Crippen LogP contribution is 2.40. The molecule has 5 heteroatoms. The molecule has 1 aliphatic carbocycles. The van der Waals surface area contributed by atoms with Crippen LogP contribution in [0.5, 0.6) is 0 Å². The molecule has 2 aromatic heterocycles. The first-order valence-corrected chi connectivity index (χ1v) is 5.74. The molecule has 17 heavy (non-hydrogen) atoms. The summed E-state index contributed by atoms with van der Waals surface area (Å²) in [6, 6.07) is 1.81. The Morgan fingerprint density at radius 3 is 3.00 bits per heavy atom. The molecule has 1 atom stereocenters. The molecule has 0 radical (unpaired) electrons. The highest BCUT2D eigenvalue weighted by atomic mass is 16.4. The molecule has 0 aliphatic heterocycles. The van der Waals surface area contributed by atoms with Gasteiger partial charge in [0, 0.05) is 6.20 Å². The molecule has 5 nitrogen and oxygen atoms in total. The number of hydrogen-bond acceptors (Lipinski definition) is 3. The van der Waals surface area contributed by atoms with Gasteiger partial charge in [0.05, 0.1) is 23.2 Å². The lowest BCUT2D eigenvalue weighted by Gasteiger charge is -2.11. The minimum Gasteiger partial charge on any atom is -0.478 e. The van der Waals surface area contributed by atoms with E-state index in [1.54, 1.807) is 6.20 Å². The van der Waals surface area contributed by atoms with Crippen molar-refractivity contribution in [3.63, 3.8) is 0 Å². The molecule has 1 saturated carbocycles. The van der Waals surface area contributed by atoms with Crippen molar-refractivity contribution in [2.75, 3.05) is 0 Å². The van der Waals surface area contributed by atoms with E-state index in [0.29, 0.717) is 23.0 Å². The number of aromatic carboxylic acids is 1. The lowest BCUT2D eigenvalue weighted by Crippen LogP contribution is -2.09. The summed E-state index contributed by atoms with van der Waals surface area (Å²) in [5.74, 6) is -0.274. The highest BCUT2D eigenvalue weighted by molar-refractivity contribution is 6.01. The molecule has 1 N–H and O–H groups in total. The van der Waals surface area contributed by atoms with Gasteiger partial charge in [0.25, 0.3) is 0 Å². The van der Waals surface area contributed by atoms with E-state index in [-0.39, 0.29) is 5.56 Å². The number of aromatic nitrogens is 3. The molecule has 0 aromatic carbocycles. The van der Waals surface area contributed by atoms with Crippen LogP contribution in [-0.4, -0.2) is 25.8 Å². The van der Waals surface area contributed by atoms with E-state index >= 15 is 0 Å². The largest absolute Gasteiger partial charge is 0.478 e. The molecule has 1 unspecified atom stereocenters. The molecular formula is C12H13N3O2. The van der Waals surface area contributed by atoms with Crippen LogP contribution in [-0.2, 0) is 0 Å². The van der Waals surface area contributed by atoms with Crippen LogP contribution >= 0.6 is 0 Å². The summed E-state index contributed by atoms with van der Waals surface area (Å²) in [6.07, 6.45) is 5.58. The summed E-state index contributed by atoms with van der Waals surface area (Å²) in [4.78, 5) is 15.3. The third-order valence-corrected chi connectivity index (χ3v) is 3.42. The van der Waals surface area contributed by atoms with Gasteiger partial charge in [-0.2, -0.15) is 5.10 Å². The standard InChI is InChI=1S/C12H13N3O2/c1-7(8-2-3-8)15-11-10(6-14-15)9(12(16)17)4-5-13-11/h4-8H,2-3H2,1H3,(H,16,17). The number of pyridine rings is 1. The first kappa shape index (κ1) is 10.3. The number of fused-ring (bicyclic) bond motifs is 1. The van der Waals surface area contributed by atoms with E-state index in [1.807, 2.05) is 4.68 Å². The van der Waals surface area contributed by atoms with Crippen LogP contribution in [0.4, 0.5) is 0 Å². The second-order valence-electron chi connectivity index (χ2n) is 4.57. The van der Waals surface area contributed by atoms with Crippen molar-refractivity contribution in [2.45, 2.75) is 25.8 Å². The van der Waals surface area contributed by atoms with E-state index in [2.05, 4.69) is 17.0 Å². The Hall–Kier alpha value is -1.91. The first-order chi connectivity index (χ1) is 8.18. The van der Waals surface area contributed by atoms with Gasteiger partial charge in [-0.15, -0.1) is 0 Å². The van der Waals surface area contributed by atoms with Crippen molar-refractivity contribution in [1.82, 2.24) is 14.8 Å². The minimum absolute atomic E-state index is 0.268. The summed E-state index contributed by atoms with van der Waals surface area (Å²) in [5.41, 5.74) is 0.938. The highest BCUT2D eigenvalue weighted by Gasteiger charge is 2.31. The zero-order chi connectivity index (χ0) is 12.0. The number of hydrogen-bond donors (Lipinski definition) is 1. The van der Waals surface area contributed by atoms with E-state index in [0.717, 1.165) is 0 Å². The maximum atomic E-state index is 11.1. The number of rotatable bonds is 3. The third kappa shape index (κ3) is 1.58. The zero-order valence-corrected chi connectivity index (χ0v) is 9.50. The Kier molecular flexibility index (Phi) is 2.14. The molecule has 2 heterocycles. The molecule has 0 saturated heterocycles. The van der Waals surface area contributed by atoms with E-state index < -0.39 is 5.97 Å². The Bertz CT molecular complexity index is 586. The minimum atomic E-state index is -0.934. The van der Waals surface area contributed by atoms with Gasteiger partial charge in [0.15, 0.2) is 5.65 Å². The summed E-state index contributed by atoms with van der Waals surface area (Å²) in [7, 11) is 0. The molecule has 1 aliphatic rings. The van der Waals surface area contributed by atoms with Gasteiger partial charge in [0.1, 0.15) is 0 Å². The van der Waals surface area contributed by atoms with Gasteiger partial charge in [-0.25, -0.2) is 14.5 Å². The quantitative estimate of drug-likeness (QED) is 0.878. The lowest BCUT2D eigenvalue weighted by atomic mass is 10.2. The topological polar surface area (TPSA) is 68.0 Å². The predicted molar refractivity (Wildman–Crippen MR) is 61.9 cm³/mol. The molecule has 3 rings (SSSR count). The van der Waals surface area contributed by atoms with Gasteiger partial charge in [-0.3, -0.25) is 0 Å². The fourth-order valence-corrected chi connectivity index (χ4v) is 2.21. The molecule has 1 fully saturated rings. The van der Waals surface area contributed by atoms with Gasteiger partial charge in [0.2, 0.25) is 0 Å². The maximum Gasteiger partial charge on any atom is 0.336 e. The van der Waals surface area contributed by atoms with Crippen molar-refractivity contribution in [3.8, 4) is 0 Å². The van der Waals surface area contributed by atoms with Gasteiger partial charge < -0.3 is 5.11 Å². The second kappa shape index (κ2) is 3.55. The molecule has 0 spiro atoms. The molecule has 88 valence electrons. The van der Waals surface area contributed by atoms with Gasteiger partial charge >= 0.3 is 5.97 Å². The summed E-state index contributed by atoms with van der Waals surface area (Å²) >= 11 is 0. The lowest BCUT2D eigenvalue weighted by molar-refractivity contribution is 0.0699. The van der Waals surface area contributed by atoms with Crippen molar-refractivity contribution in [1.29, 1.82) is 0 Å². The average molecular weight is 231 g/mol. The van der Waals surface area contributed by atoms with Crippen LogP contribution in [0.2, 0.25) is 0 Å². The van der Waals surface area contributed by atoms with Crippen molar-refractivity contribution in [3.05, 3.63) is 24.0 Å². The number of carbonyl (C=O) groups is 1. The Labute approximate surface area is 98.1 Å². The van der Waals surface area contributed by atoms with E-state index in [9.17, 15) is 4.79 Å². The Morgan fingerprint density at radius 2 is 2.35 bits per heavy atom. The van der Waals surface area contributed by atoms with Crippen LogP contribution in [0.25, 0.3) is 11.0 Å². The maximum absolute atomic E-state index is 11.1. The van der Waals surface area contributed by atoms with Crippen LogP contribution in [0.3, 0.4) is 0 Å². The molecule has 2 aromatic rings. The van der Waals surface area contributed by atoms with Crippen LogP contribution in [0.15, 0.2) is 18.5 Å². The number of nitrogens with zero attached hydrogens (tertiary/aromatic N) is 3. The van der Waals surface area contributed by atoms with E-state index in [1.165, 1.54) is 25.1 Å². The second-order valence-corrected chi connectivity index (χ2v) is 4.57. The normalized spacial score (nSPS) is 17.2. The van der Waals surface area contributed by atoms with Crippen molar-refractivity contribution in [2.24, 2.45) is 5.92 Å². The monoisotopic (exact) mass is 231 g/mol. The number of carboxylic acids is 1. The zero-order valence-electron chi connectivity index (χ0n) is 9.50. The van der Waals surface area contributed by atoms with E-state index in [4.69, 9.17) is 5.11 Å². The van der Waals surface area contributed by atoms with Crippen LogP contribution in [0, 0.1) is 5.92 Å². The van der Waals surface area contributed by atoms with Crippen molar-refractivity contribution < 1.29 is 9.90 Å². The smallest absolute Gasteiger partial charge is 0.336 e. The Balaban J connectivity index is 2.15. The molecule has 0 amide bonds. The van der Waals surface area contributed by atoms with Gasteiger partial charge in [-0.1, -0.05) is 0 Å². The SMILES string of the molecule is CC(C1CC1)n1ncc2c(C(=O)O)ccnc21. The van der Waals surface area contributed by atoms with Gasteiger partial charge in [-0.05, 0) is 31.7 Å². The number of carboxylic acid groups (broad SMARTS) is 1. The fraction of sp³-hybridized carbons (Fsp3) is 0.417. The molecule has 0 bridgehead atoms. The molecular weight excluding hydrogens is 218 g/mol. The fourth-order valence-electron chi connectivity index (χ4n) is 2.21. The predicted octanol–water partition coefficient (Wildman–Crippen LogP) is 2.10. The summed E-state index contributed by atoms with van der Waals surface area (Å²) < 4.78 is 1.85. The summed E-state index contributed by atoms with van der Waals surface area (Å²) in [5, 5.41) is 14.0. The van der Waals surface area contributed by atoms with Crippen molar-refractivity contribution >= 4 is 17.0 Å². The van der Waals surface area contributed by atoms with Crippen LogP contribution < -0.4 is 0 Å².